The minimum atomic E-state index is -4.08. The van der Waals surface area contributed by atoms with Crippen molar-refractivity contribution in [1.82, 2.24) is 4.90 Å². The predicted molar refractivity (Wildman–Crippen MR) is 106 cm³/mol. The number of amides is 1. The summed E-state index contributed by atoms with van der Waals surface area (Å²) in [5, 5.41) is 0. The summed E-state index contributed by atoms with van der Waals surface area (Å²) in [6.45, 7) is 9.78. The Hall–Kier alpha value is -2.41. The van der Waals surface area contributed by atoms with Gasteiger partial charge in [-0.15, -0.1) is 0 Å². The third kappa shape index (κ3) is 5.55. The minimum absolute atomic E-state index is 0.00718. The quantitative estimate of drug-likeness (QED) is 0.667. The fourth-order valence-electron chi connectivity index (χ4n) is 2.59. The molecule has 0 N–H and O–H groups in total. The normalized spacial score (nSPS) is 12.1. The molecule has 0 fully saturated rings. The van der Waals surface area contributed by atoms with Crippen molar-refractivity contribution < 1.29 is 21.8 Å². The molecule has 0 spiro atoms. The highest BCUT2D eigenvalue weighted by atomic mass is 32.2. The summed E-state index contributed by atoms with van der Waals surface area (Å²) < 4.78 is 43.0. The molecule has 2 aromatic rings. The highest BCUT2D eigenvalue weighted by Crippen LogP contribution is 2.24. The van der Waals surface area contributed by atoms with Gasteiger partial charge in [-0.2, -0.15) is 8.42 Å². The zero-order valence-corrected chi connectivity index (χ0v) is 17.6. The van der Waals surface area contributed by atoms with Gasteiger partial charge in [-0.1, -0.05) is 32.9 Å². The number of nitrogens with zero attached hydrogens (tertiary/aromatic N) is 1. The van der Waals surface area contributed by atoms with Gasteiger partial charge in [0.2, 0.25) is 5.91 Å². The Morgan fingerprint density at radius 3 is 2.25 bits per heavy atom. The number of hydrogen-bond donors (Lipinski definition) is 0. The molecule has 2 rings (SSSR count). The largest absolute Gasteiger partial charge is 0.379 e. The molecule has 0 saturated carbocycles. The Bertz CT molecular complexity index is 932. The second kappa shape index (κ2) is 8.31. The van der Waals surface area contributed by atoms with E-state index in [0.29, 0.717) is 6.54 Å². The molecule has 7 heteroatoms. The average molecular weight is 408 g/mol. The van der Waals surface area contributed by atoms with Crippen molar-refractivity contribution in [2.24, 2.45) is 5.41 Å². The molecular formula is C21H26FNO4S. The van der Waals surface area contributed by atoms with Crippen molar-refractivity contribution in [1.29, 1.82) is 0 Å². The van der Waals surface area contributed by atoms with E-state index in [0.717, 1.165) is 29.8 Å². The topological polar surface area (TPSA) is 63.7 Å². The molecule has 152 valence electrons. The lowest BCUT2D eigenvalue weighted by molar-refractivity contribution is -0.142. The molecule has 0 heterocycles. The van der Waals surface area contributed by atoms with Crippen LogP contribution < -0.4 is 4.18 Å². The third-order valence-electron chi connectivity index (χ3n) is 4.09. The van der Waals surface area contributed by atoms with Gasteiger partial charge in [0.05, 0.1) is 0 Å². The second-order valence-corrected chi connectivity index (χ2v) is 9.46. The van der Waals surface area contributed by atoms with Crippen LogP contribution in [0.4, 0.5) is 4.39 Å². The third-order valence-corrected chi connectivity index (χ3v) is 5.35. The molecule has 0 saturated heterocycles. The lowest BCUT2D eigenvalue weighted by atomic mass is 9.93. The highest BCUT2D eigenvalue weighted by Gasteiger charge is 2.29. The molecule has 0 aliphatic heterocycles. The zero-order valence-electron chi connectivity index (χ0n) is 16.8. The summed E-state index contributed by atoms with van der Waals surface area (Å²) in [5.74, 6) is -0.389. The molecule has 0 aromatic heterocycles. The first-order valence-corrected chi connectivity index (χ1v) is 10.4. The van der Waals surface area contributed by atoms with Gasteiger partial charge in [-0.05, 0) is 55.8 Å². The Labute approximate surface area is 166 Å². The van der Waals surface area contributed by atoms with Gasteiger partial charge in [0.15, 0.2) is 0 Å². The monoisotopic (exact) mass is 407 g/mol. The molecule has 0 radical (unpaired) electrons. The molecule has 0 atom stereocenters. The molecule has 0 bridgehead atoms. The predicted octanol–water partition coefficient (Wildman–Crippen LogP) is 4.38. The van der Waals surface area contributed by atoms with Gasteiger partial charge in [-0.25, -0.2) is 4.39 Å². The summed E-state index contributed by atoms with van der Waals surface area (Å²) in [7, 11) is -4.08. The maximum atomic E-state index is 13.0. The Morgan fingerprint density at radius 2 is 1.71 bits per heavy atom. The van der Waals surface area contributed by atoms with E-state index in [9.17, 15) is 17.6 Å². The van der Waals surface area contributed by atoms with E-state index in [4.69, 9.17) is 4.18 Å². The first-order chi connectivity index (χ1) is 12.9. The van der Waals surface area contributed by atoms with Gasteiger partial charge in [0, 0.05) is 18.0 Å². The Kier molecular flexibility index (Phi) is 6.49. The van der Waals surface area contributed by atoms with E-state index in [-0.39, 0.29) is 22.6 Å². The molecule has 28 heavy (non-hydrogen) atoms. The van der Waals surface area contributed by atoms with Crippen LogP contribution >= 0.6 is 0 Å². The Morgan fingerprint density at radius 1 is 1.11 bits per heavy atom. The number of hydrogen-bond acceptors (Lipinski definition) is 4. The molecule has 0 unspecified atom stereocenters. The van der Waals surface area contributed by atoms with Crippen molar-refractivity contribution in [2.45, 2.75) is 52.1 Å². The maximum absolute atomic E-state index is 13.0. The van der Waals surface area contributed by atoms with E-state index in [2.05, 4.69) is 0 Å². The van der Waals surface area contributed by atoms with Crippen LogP contribution in [0, 0.1) is 11.2 Å². The first-order valence-electron chi connectivity index (χ1n) is 9.00. The van der Waals surface area contributed by atoms with Crippen molar-refractivity contribution in [3.05, 3.63) is 59.9 Å². The van der Waals surface area contributed by atoms with Gasteiger partial charge in [0.1, 0.15) is 16.5 Å². The number of benzene rings is 2. The molecule has 5 nitrogen and oxygen atoms in total. The fraction of sp³-hybridized carbons (Fsp3) is 0.381. The average Bonchev–Trinajstić information content (AvgIpc) is 2.58. The number of rotatable bonds is 6. The summed E-state index contributed by atoms with van der Waals surface area (Å²) in [6.07, 6.45) is 0. The van der Waals surface area contributed by atoms with Gasteiger partial charge in [0.25, 0.3) is 0 Å². The van der Waals surface area contributed by atoms with E-state index < -0.39 is 21.4 Å². The van der Waals surface area contributed by atoms with E-state index in [1.807, 2.05) is 40.7 Å². The number of halogens is 1. The minimum Gasteiger partial charge on any atom is -0.379 e. The van der Waals surface area contributed by atoms with Crippen LogP contribution in [0.25, 0.3) is 0 Å². The van der Waals surface area contributed by atoms with E-state index in [1.54, 1.807) is 17.0 Å². The van der Waals surface area contributed by atoms with Crippen molar-refractivity contribution in [3.8, 4) is 5.75 Å². The maximum Gasteiger partial charge on any atom is 0.339 e. The van der Waals surface area contributed by atoms with Crippen LogP contribution in [-0.4, -0.2) is 25.3 Å². The highest BCUT2D eigenvalue weighted by molar-refractivity contribution is 7.87. The Balaban J connectivity index is 2.23. The fourth-order valence-corrected chi connectivity index (χ4v) is 3.51. The number of carbonyl (C=O) groups is 1. The van der Waals surface area contributed by atoms with Crippen molar-refractivity contribution in [2.75, 3.05) is 0 Å². The van der Waals surface area contributed by atoms with Gasteiger partial charge < -0.3 is 9.08 Å². The smallest absolute Gasteiger partial charge is 0.339 e. The van der Waals surface area contributed by atoms with Crippen LogP contribution in [0.15, 0.2) is 53.4 Å². The lowest BCUT2D eigenvalue weighted by Crippen LogP contribution is -2.43. The van der Waals surface area contributed by atoms with Crippen LogP contribution in [0.5, 0.6) is 5.75 Å². The second-order valence-electron chi connectivity index (χ2n) is 7.92. The molecule has 0 aliphatic rings. The zero-order chi connectivity index (χ0) is 21.1. The van der Waals surface area contributed by atoms with Crippen LogP contribution in [-0.2, 0) is 21.5 Å². The SMILES string of the molecule is CC(C)N(Cc1cccc(OS(=O)(=O)c2ccc(F)cc2)c1)C(=O)C(C)(C)C. The van der Waals surface area contributed by atoms with E-state index >= 15 is 0 Å². The summed E-state index contributed by atoms with van der Waals surface area (Å²) >= 11 is 0. The molecule has 0 aliphatic carbocycles. The van der Waals surface area contributed by atoms with Crippen molar-refractivity contribution >= 4 is 16.0 Å². The molecular weight excluding hydrogens is 381 g/mol. The van der Waals surface area contributed by atoms with Crippen molar-refractivity contribution in [3.63, 3.8) is 0 Å². The van der Waals surface area contributed by atoms with Crippen LogP contribution in [0.1, 0.15) is 40.2 Å². The van der Waals surface area contributed by atoms with Gasteiger partial charge >= 0.3 is 10.1 Å². The summed E-state index contributed by atoms with van der Waals surface area (Å²) in [5.41, 5.74) is 0.225. The molecule has 2 aromatic carbocycles. The first kappa shape index (κ1) is 21.9. The lowest BCUT2D eigenvalue weighted by Gasteiger charge is -2.33. The molecule has 1 amide bonds. The van der Waals surface area contributed by atoms with E-state index in [1.165, 1.54) is 6.07 Å². The van der Waals surface area contributed by atoms with Crippen LogP contribution in [0.2, 0.25) is 0 Å². The number of carbonyl (C=O) groups excluding carboxylic acids is 1. The summed E-state index contributed by atoms with van der Waals surface area (Å²) in [6, 6.07) is 11.0. The van der Waals surface area contributed by atoms with Crippen LogP contribution in [0.3, 0.4) is 0 Å². The summed E-state index contributed by atoms with van der Waals surface area (Å²) in [4.78, 5) is 14.3. The standard InChI is InChI=1S/C21H26FNO4S/c1-15(2)23(20(24)21(3,4)5)14-16-7-6-8-18(13-16)27-28(25,26)19-11-9-17(22)10-12-19/h6-13,15H,14H2,1-5H3. The van der Waals surface area contributed by atoms with Gasteiger partial charge in [-0.3, -0.25) is 4.79 Å².